The second-order valence-corrected chi connectivity index (χ2v) is 3.49. The number of primary amides is 1. The summed E-state index contributed by atoms with van der Waals surface area (Å²) in [6.07, 6.45) is -0.121. The van der Waals surface area contributed by atoms with E-state index in [2.05, 4.69) is 31.2 Å². The molecule has 1 unspecified atom stereocenters. The van der Waals surface area contributed by atoms with Crippen LogP contribution in [-0.4, -0.2) is 33.6 Å². The quantitative estimate of drug-likeness (QED) is 0.550. The Labute approximate surface area is 92.8 Å². The Balaban J connectivity index is 2.70. The second-order valence-electron chi connectivity index (χ2n) is 2.69. The zero-order valence-electron chi connectivity index (χ0n) is 7.53. The first kappa shape index (κ1) is 11.7. The van der Waals surface area contributed by atoms with Gasteiger partial charge in [0.15, 0.2) is 0 Å². The number of aromatic amines is 1. The summed E-state index contributed by atoms with van der Waals surface area (Å²) in [6, 6.07) is 0. The van der Waals surface area contributed by atoms with Crippen LogP contribution >= 0.6 is 15.9 Å². The first-order chi connectivity index (χ1) is 7.02. The van der Waals surface area contributed by atoms with E-state index in [1.807, 2.05) is 0 Å². The zero-order valence-corrected chi connectivity index (χ0v) is 9.11. The van der Waals surface area contributed by atoms with Crippen molar-refractivity contribution in [1.29, 1.82) is 0 Å². The Morgan fingerprint density at radius 3 is 3.07 bits per heavy atom. The lowest BCUT2D eigenvalue weighted by Crippen LogP contribution is -2.34. The molecule has 0 aliphatic rings. The Kier molecular flexibility index (Phi) is 3.81. The second kappa shape index (κ2) is 4.89. The minimum Gasteiger partial charge on any atom is -0.381 e. The molecule has 82 valence electrons. The number of aromatic nitrogens is 2. The van der Waals surface area contributed by atoms with E-state index in [0.717, 1.165) is 0 Å². The topological polar surface area (TPSA) is 121 Å². The zero-order chi connectivity index (χ0) is 11.4. The highest BCUT2D eigenvalue weighted by molar-refractivity contribution is 9.10. The van der Waals surface area contributed by atoms with Crippen molar-refractivity contribution in [3.63, 3.8) is 0 Å². The van der Waals surface area contributed by atoms with Crippen LogP contribution in [0.4, 0.5) is 5.82 Å². The number of nitrogens with two attached hydrogens (primary N) is 1. The van der Waals surface area contributed by atoms with E-state index in [4.69, 9.17) is 10.8 Å². The lowest BCUT2D eigenvalue weighted by molar-refractivity contribution is -0.125. The molecule has 0 fully saturated rings. The van der Waals surface area contributed by atoms with E-state index in [9.17, 15) is 9.59 Å². The summed E-state index contributed by atoms with van der Waals surface area (Å²) >= 11 is 3.00. The molecule has 8 heteroatoms. The Morgan fingerprint density at radius 2 is 2.47 bits per heavy atom. The number of H-pyrrole nitrogens is 1. The van der Waals surface area contributed by atoms with Crippen LogP contribution in [0.2, 0.25) is 0 Å². The number of amides is 1. The molecule has 0 aliphatic heterocycles. The minimum atomic E-state index is -1.32. The number of hydrogen-bond donors (Lipinski definition) is 4. The predicted molar refractivity (Wildman–Crippen MR) is 56.2 cm³/mol. The molecular formula is C7H9BrN4O3. The number of anilines is 1. The molecular weight excluding hydrogens is 268 g/mol. The molecule has 0 aliphatic carbocycles. The van der Waals surface area contributed by atoms with Gasteiger partial charge in [0.1, 0.15) is 16.4 Å². The molecule has 1 amide bonds. The van der Waals surface area contributed by atoms with Gasteiger partial charge in [0.05, 0.1) is 12.9 Å². The van der Waals surface area contributed by atoms with Gasteiger partial charge in [0, 0.05) is 0 Å². The summed E-state index contributed by atoms with van der Waals surface area (Å²) < 4.78 is 0.196. The number of carbonyl (C=O) groups excluding carboxylic acids is 1. The summed E-state index contributed by atoms with van der Waals surface area (Å²) in [4.78, 5) is 27.7. The number of halogens is 1. The monoisotopic (exact) mass is 276 g/mol. The number of nitrogens with zero attached hydrogens (tertiary/aromatic N) is 1. The maximum absolute atomic E-state index is 11.1. The minimum absolute atomic E-state index is 0.107. The van der Waals surface area contributed by atoms with E-state index in [1.165, 1.54) is 6.33 Å². The molecule has 7 nitrogen and oxygen atoms in total. The average molecular weight is 277 g/mol. The van der Waals surface area contributed by atoms with Crippen molar-refractivity contribution in [3.05, 3.63) is 21.2 Å². The largest absolute Gasteiger partial charge is 0.381 e. The van der Waals surface area contributed by atoms with Gasteiger partial charge >= 0.3 is 0 Å². The summed E-state index contributed by atoms with van der Waals surface area (Å²) in [6.45, 7) is -0.107. The van der Waals surface area contributed by atoms with Crippen LogP contribution in [0.1, 0.15) is 0 Å². The molecule has 5 N–H and O–H groups in total. The molecule has 0 radical (unpaired) electrons. The Hall–Kier alpha value is -1.41. The van der Waals surface area contributed by atoms with Crippen LogP contribution in [0.15, 0.2) is 15.6 Å². The van der Waals surface area contributed by atoms with Gasteiger partial charge in [-0.2, -0.15) is 0 Å². The standard InChI is InChI=1S/C7H9BrN4O3/c8-4-6(11-2-12-7(4)15)10-1-3(13)5(9)14/h2-3,13H,1H2,(H2,9,14)(H2,10,11,12,15). The molecule has 1 aromatic heterocycles. The third-order valence-electron chi connectivity index (χ3n) is 1.59. The van der Waals surface area contributed by atoms with Crippen molar-refractivity contribution in [2.75, 3.05) is 11.9 Å². The molecule has 0 bridgehead atoms. The molecule has 0 aromatic carbocycles. The van der Waals surface area contributed by atoms with Crippen molar-refractivity contribution in [1.82, 2.24) is 9.97 Å². The highest BCUT2D eigenvalue weighted by atomic mass is 79.9. The first-order valence-electron chi connectivity index (χ1n) is 3.97. The van der Waals surface area contributed by atoms with Gasteiger partial charge in [-0.05, 0) is 15.9 Å². The maximum Gasteiger partial charge on any atom is 0.267 e. The van der Waals surface area contributed by atoms with Gasteiger partial charge in [-0.3, -0.25) is 9.59 Å². The van der Waals surface area contributed by atoms with Crippen LogP contribution < -0.4 is 16.6 Å². The third kappa shape index (κ3) is 3.03. The van der Waals surface area contributed by atoms with E-state index in [1.54, 1.807) is 0 Å². The van der Waals surface area contributed by atoms with E-state index in [0.29, 0.717) is 0 Å². The van der Waals surface area contributed by atoms with Crippen LogP contribution in [0.5, 0.6) is 0 Å². The fraction of sp³-hybridized carbons (Fsp3) is 0.286. The molecule has 15 heavy (non-hydrogen) atoms. The molecule has 0 spiro atoms. The number of aliphatic hydroxyl groups is 1. The van der Waals surface area contributed by atoms with E-state index >= 15 is 0 Å². The summed E-state index contributed by atoms with van der Waals surface area (Å²) in [7, 11) is 0. The van der Waals surface area contributed by atoms with Crippen molar-refractivity contribution >= 4 is 27.7 Å². The van der Waals surface area contributed by atoms with E-state index < -0.39 is 12.0 Å². The fourth-order valence-electron chi connectivity index (χ4n) is 0.800. The summed E-state index contributed by atoms with van der Waals surface area (Å²) in [5.41, 5.74) is 4.48. The first-order valence-corrected chi connectivity index (χ1v) is 4.76. The lowest BCUT2D eigenvalue weighted by Gasteiger charge is -2.09. The molecule has 1 aromatic rings. The number of nitrogens with one attached hydrogen (secondary N) is 2. The van der Waals surface area contributed by atoms with Gasteiger partial charge in [0.2, 0.25) is 5.91 Å². The highest BCUT2D eigenvalue weighted by Gasteiger charge is 2.12. The van der Waals surface area contributed by atoms with E-state index in [-0.39, 0.29) is 22.4 Å². The predicted octanol–water partition coefficient (Wildman–Crippen LogP) is -1.21. The summed E-state index contributed by atoms with van der Waals surface area (Å²) in [5, 5.41) is 11.7. The van der Waals surface area contributed by atoms with Crippen molar-refractivity contribution in [2.45, 2.75) is 6.10 Å². The number of rotatable bonds is 4. The van der Waals surface area contributed by atoms with Gasteiger partial charge in [-0.1, -0.05) is 0 Å². The number of carbonyl (C=O) groups is 1. The van der Waals surface area contributed by atoms with Crippen LogP contribution in [0.25, 0.3) is 0 Å². The summed E-state index contributed by atoms with van der Waals surface area (Å²) in [5.74, 6) is -0.609. The Bertz CT molecular complexity index is 419. The Morgan fingerprint density at radius 1 is 1.80 bits per heavy atom. The van der Waals surface area contributed by atoms with Gasteiger partial charge in [-0.25, -0.2) is 4.98 Å². The van der Waals surface area contributed by atoms with Crippen molar-refractivity contribution in [3.8, 4) is 0 Å². The van der Waals surface area contributed by atoms with Gasteiger partial charge in [-0.15, -0.1) is 0 Å². The number of aliphatic hydroxyl groups excluding tert-OH is 1. The SMILES string of the molecule is NC(=O)C(O)CNc1nc[nH]c(=O)c1Br. The van der Waals surface area contributed by atoms with Crippen LogP contribution in [0.3, 0.4) is 0 Å². The molecule has 1 rings (SSSR count). The maximum atomic E-state index is 11.1. The van der Waals surface area contributed by atoms with Crippen molar-refractivity contribution in [2.24, 2.45) is 5.73 Å². The third-order valence-corrected chi connectivity index (χ3v) is 2.32. The molecule has 0 saturated heterocycles. The number of hydrogen-bond acceptors (Lipinski definition) is 5. The normalized spacial score (nSPS) is 12.1. The van der Waals surface area contributed by atoms with Crippen LogP contribution in [-0.2, 0) is 4.79 Å². The van der Waals surface area contributed by atoms with Gasteiger partial charge in [0.25, 0.3) is 5.56 Å². The van der Waals surface area contributed by atoms with Crippen molar-refractivity contribution < 1.29 is 9.90 Å². The molecule has 1 heterocycles. The lowest BCUT2D eigenvalue weighted by atomic mass is 10.3. The average Bonchev–Trinajstić information content (AvgIpc) is 2.19. The fourth-order valence-corrected chi connectivity index (χ4v) is 1.16. The van der Waals surface area contributed by atoms with Crippen LogP contribution in [0, 0.1) is 0 Å². The highest BCUT2D eigenvalue weighted by Crippen LogP contribution is 2.12. The molecule has 1 atom stereocenters. The smallest absolute Gasteiger partial charge is 0.267 e. The molecule has 0 saturated carbocycles. The van der Waals surface area contributed by atoms with Gasteiger partial charge < -0.3 is 21.1 Å².